The highest BCUT2D eigenvalue weighted by atomic mass is 32.1. The van der Waals surface area contributed by atoms with Crippen molar-refractivity contribution in [3.8, 4) is 33.2 Å². The van der Waals surface area contributed by atoms with Gasteiger partial charge in [-0.1, -0.05) is 0 Å². The number of aromatic hydroxyl groups is 1. The number of aryl methyl sites for hydroxylation is 2. The van der Waals surface area contributed by atoms with Crippen LogP contribution in [0.1, 0.15) is 15.2 Å². The zero-order chi connectivity index (χ0) is 23.3. The molecule has 0 saturated heterocycles. The summed E-state index contributed by atoms with van der Waals surface area (Å²) in [4.78, 5) is 43.0. The van der Waals surface area contributed by atoms with Gasteiger partial charge >= 0.3 is 11.7 Å². The Hall–Kier alpha value is -3.86. The van der Waals surface area contributed by atoms with Crippen molar-refractivity contribution in [2.45, 2.75) is 6.92 Å². The quantitative estimate of drug-likeness (QED) is 0.403. The van der Waals surface area contributed by atoms with Gasteiger partial charge in [-0.25, -0.2) is 14.0 Å². The number of thiophene rings is 1. The molecule has 11 heteroatoms. The molecular formula is C21H18FN3O6S. The van der Waals surface area contributed by atoms with Gasteiger partial charge in [-0.05, 0) is 25.1 Å². The Kier molecular flexibility index (Phi) is 5.13. The highest BCUT2D eigenvalue weighted by Crippen LogP contribution is 2.47. The second-order valence-electron chi connectivity index (χ2n) is 6.97. The zero-order valence-electron chi connectivity index (χ0n) is 17.5. The molecule has 0 unspecified atom stereocenters. The topological polar surface area (TPSA) is 126 Å². The Morgan fingerprint density at radius 3 is 2.56 bits per heavy atom. The molecule has 0 fully saturated rings. The summed E-state index contributed by atoms with van der Waals surface area (Å²) in [5, 5.41) is 11.0. The number of nitrogens with zero attached hydrogens (tertiary/aromatic N) is 1. The average molecular weight is 459 g/mol. The van der Waals surface area contributed by atoms with E-state index in [2.05, 4.69) is 9.97 Å². The monoisotopic (exact) mass is 459 g/mol. The fraction of sp³-hybridized carbons (Fsp3) is 0.190. The minimum atomic E-state index is -0.735. The van der Waals surface area contributed by atoms with Crippen LogP contribution < -0.4 is 16.0 Å². The van der Waals surface area contributed by atoms with Crippen molar-refractivity contribution < 1.29 is 23.8 Å². The fourth-order valence-electron chi connectivity index (χ4n) is 3.61. The van der Waals surface area contributed by atoms with Gasteiger partial charge in [0.05, 0.1) is 30.2 Å². The van der Waals surface area contributed by atoms with E-state index in [-0.39, 0.29) is 44.2 Å². The van der Waals surface area contributed by atoms with Crippen LogP contribution in [-0.4, -0.2) is 39.8 Å². The van der Waals surface area contributed by atoms with Crippen molar-refractivity contribution in [1.29, 1.82) is 0 Å². The molecule has 0 aliphatic rings. The highest BCUT2D eigenvalue weighted by Gasteiger charge is 2.29. The first kappa shape index (κ1) is 21.4. The number of carbonyl (C=O) groups excluding carboxylic acids is 1. The Morgan fingerprint density at radius 1 is 1.22 bits per heavy atom. The van der Waals surface area contributed by atoms with Crippen LogP contribution >= 0.6 is 11.3 Å². The average Bonchev–Trinajstić information content (AvgIpc) is 3.29. The molecule has 3 heterocycles. The lowest BCUT2D eigenvalue weighted by molar-refractivity contribution is 0.0597. The van der Waals surface area contributed by atoms with Crippen molar-refractivity contribution in [2.24, 2.45) is 7.05 Å². The van der Waals surface area contributed by atoms with Crippen LogP contribution in [0, 0.1) is 12.7 Å². The number of aromatic nitrogens is 3. The number of rotatable bonds is 4. The number of H-pyrrole nitrogens is 2. The van der Waals surface area contributed by atoms with Gasteiger partial charge in [0, 0.05) is 23.1 Å². The molecule has 3 N–H and O–H groups in total. The molecule has 0 aliphatic heterocycles. The van der Waals surface area contributed by atoms with Gasteiger partial charge in [0.1, 0.15) is 17.0 Å². The minimum Gasteiger partial charge on any atom is -0.505 e. The molecule has 0 amide bonds. The van der Waals surface area contributed by atoms with E-state index in [1.807, 2.05) is 0 Å². The molecule has 166 valence electrons. The van der Waals surface area contributed by atoms with Crippen molar-refractivity contribution >= 4 is 28.3 Å². The summed E-state index contributed by atoms with van der Waals surface area (Å²) in [5.74, 6) is -1.72. The molecule has 3 aromatic heterocycles. The van der Waals surface area contributed by atoms with Crippen molar-refractivity contribution in [1.82, 2.24) is 14.5 Å². The maximum absolute atomic E-state index is 14.5. The number of hydrogen-bond donors (Lipinski definition) is 3. The van der Waals surface area contributed by atoms with Crippen molar-refractivity contribution in [2.75, 3.05) is 14.2 Å². The minimum absolute atomic E-state index is 0.0273. The molecule has 4 rings (SSSR count). The third-order valence-corrected chi connectivity index (χ3v) is 6.30. The molecule has 0 bridgehead atoms. The van der Waals surface area contributed by atoms with E-state index in [1.165, 1.54) is 38.0 Å². The van der Waals surface area contributed by atoms with Crippen LogP contribution in [0.25, 0.3) is 32.7 Å². The number of hydrogen-bond acceptors (Lipinski definition) is 7. The van der Waals surface area contributed by atoms with E-state index in [0.29, 0.717) is 10.4 Å². The van der Waals surface area contributed by atoms with Crippen LogP contribution in [0.15, 0.2) is 27.8 Å². The lowest BCUT2D eigenvalue weighted by Gasteiger charge is -2.07. The largest absolute Gasteiger partial charge is 0.505 e. The molecule has 0 aliphatic carbocycles. The molecule has 9 nitrogen and oxygen atoms in total. The molecule has 0 atom stereocenters. The van der Waals surface area contributed by atoms with Crippen LogP contribution in [0.4, 0.5) is 4.39 Å². The summed E-state index contributed by atoms with van der Waals surface area (Å²) in [5.41, 5.74) is -0.362. The van der Waals surface area contributed by atoms with E-state index in [4.69, 9.17) is 9.47 Å². The smallest absolute Gasteiger partial charge is 0.342 e. The highest BCUT2D eigenvalue weighted by molar-refractivity contribution is 7.16. The van der Waals surface area contributed by atoms with Gasteiger partial charge in [-0.15, -0.1) is 11.3 Å². The predicted octanol–water partition coefficient (Wildman–Crippen LogP) is 2.90. The van der Waals surface area contributed by atoms with E-state index >= 15 is 0 Å². The number of methoxy groups -OCH3 is 2. The molecular weight excluding hydrogens is 441 g/mol. The van der Waals surface area contributed by atoms with E-state index in [9.17, 15) is 23.9 Å². The van der Waals surface area contributed by atoms with Gasteiger partial charge < -0.3 is 19.6 Å². The van der Waals surface area contributed by atoms with Crippen molar-refractivity contribution in [3.05, 3.63) is 55.3 Å². The first-order valence-corrected chi connectivity index (χ1v) is 10.1. The van der Waals surface area contributed by atoms with E-state index in [0.717, 1.165) is 11.3 Å². The van der Waals surface area contributed by atoms with E-state index in [1.54, 1.807) is 13.0 Å². The summed E-state index contributed by atoms with van der Waals surface area (Å²) >= 11 is 1.07. The number of halogens is 1. The third-order valence-electron chi connectivity index (χ3n) is 5.18. The molecule has 32 heavy (non-hydrogen) atoms. The van der Waals surface area contributed by atoms with Gasteiger partial charge in [0.2, 0.25) is 0 Å². The number of benzene rings is 1. The maximum Gasteiger partial charge on any atom is 0.342 e. The van der Waals surface area contributed by atoms with Gasteiger partial charge in [0.15, 0.2) is 11.6 Å². The Morgan fingerprint density at radius 2 is 1.94 bits per heavy atom. The normalized spacial score (nSPS) is 11.2. The SMILES string of the molecule is COC(=O)c1c(C)sc(-c2c(-c3ccc(OC)c(F)c3)[nH]c3c2c(=O)[nH]c(=O)n3C)c1O. The summed E-state index contributed by atoms with van der Waals surface area (Å²) in [6.45, 7) is 1.63. The maximum atomic E-state index is 14.5. The second-order valence-corrected chi connectivity index (χ2v) is 8.19. The second kappa shape index (κ2) is 7.68. The molecule has 4 aromatic rings. The predicted molar refractivity (Wildman–Crippen MR) is 117 cm³/mol. The van der Waals surface area contributed by atoms with Gasteiger partial charge in [0.25, 0.3) is 5.56 Å². The fourth-order valence-corrected chi connectivity index (χ4v) is 4.71. The van der Waals surface area contributed by atoms with Crippen LogP contribution in [-0.2, 0) is 11.8 Å². The number of fused-ring (bicyclic) bond motifs is 1. The number of ether oxygens (including phenoxy) is 2. The number of esters is 1. The molecule has 0 saturated carbocycles. The first-order chi connectivity index (χ1) is 15.2. The Bertz CT molecular complexity index is 1510. The molecule has 0 spiro atoms. The number of aromatic amines is 2. The Labute approximate surface area is 183 Å². The lowest BCUT2D eigenvalue weighted by Crippen LogP contribution is -2.28. The summed E-state index contributed by atoms with van der Waals surface area (Å²) in [6, 6.07) is 4.20. The number of carbonyl (C=O) groups is 1. The van der Waals surface area contributed by atoms with Crippen LogP contribution in [0.5, 0.6) is 11.5 Å². The van der Waals surface area contributed by atoms with Crippen LogP contribution in [0.2, 0.25) is 0 Å². The third kappa shape index (κ3) is 3.09. The first-order valence-electron chi connectivity index (χ1n) is 9.29. The van der Waals surface area contributed by atoms with Gasteiger partial charge in [-0.3, -0.25) is 14.3 Å². The molecule has 1 aromatic carbocycles. The summed E-state index contributed by atoms with van der Waals surface area (Å²) in [6.07, 6.45) is 0. The number of nitrogens with one attached hydrogen (secondary N) is 2. The standard InChI is InChI=1S/C21H18FN3O6S/c1-8-12(20(28)31-4)16(26)17(32-8)13-14-18(25(2)21(29)24-19(14)27)23-15(13)9-5-6-11(30-3)10(22)7-9/h5-7,23,26H,1-4H3,(H,24,27,29). The summed E-state index contributed by atoms with van der Waals surface area (Å²) in [7, 11) is 3.98. The lowest BCUT2D eigenvalue weighted by atomic mass is 10.0. The molecule has 0 radical (unpaired) electrons. The zero-order valence-corrected chi connectivity index (χ0v) is 18.3. The van der Waals surface area contributed by atoms with Gasteiger partial charge in [-0.2, -0.15) is 0 Å². The van der Waals surface area contributed by atoms with Crippen LogP contribution in [0.3, 0.4) is 0 Å². The summed E-state index contributed by atoms with van der Waals surface area (Å²) < 4.78 is 25.4. The Balaban J connectivity index is 2.15. The van der Waals surface area contributed by atoms with E-state index < -0.39 is 23.0 Å². The van der Waals surface area contributed by atoms with Crippen molar-refractivity contribution in [3.63, 3.8) is 0 Å².